The Hall–Kier alpha value is -2.04. The van der Waals surface area contributed by atoms with Crippen molar-refractivity contribution in [1.82, 2.24) is 4.90 Å². The molecular formula is C14H17NO4. The number of hydrogen-bond acceptors (Lipinski definition) is 3. The van der Waals surface area contributed by atoms with Crippen molar-refractivity contribution < 1.29 is 19.4 Å². The number of carbonyl (C=O) groups is 2. The zero-order valence-corrected chi connectivity index (χ0v) is 10.8. The molecule has 5 heteroatoms. The number of likely N-dealkylation sites (tertiary alicyclic amines) is 1. The van der Waals surface area contributed by atoms with Crippen LogP contribution in [0.25, 0.3) is 0 Å². The minimum Gasteiger partial charge on any atom is -0.481 e. The van der Waals surface area contributed by atoms with Crippen LogP contribution >= 0.6 is 0 Å². The van der Waals surface area contributed by atoms with Crippen LogP contribution in [0.2, 0.25) is 0 Å². The predicted octanol–water partition coefficient (Wildman–Crippen LogP) is 1.53. The Morgan fingerprint density at radius 3 is 2.68 bits per heavy atom. The van der Waals surface area contributed by atoms with Crippen LogP contribution in [-0.2, 0) is 9.59 Å². The molecule has 0 aromatic heterocycles. The van der Waals surface area contributed by atoms with Gasteiger partial charge in [0.2, 0.25) is 0 Å². The highest BCUT2D eigenvalue weighted by Crippen LogP contribution is 2.20. The van der Waals surface area contributed by atoms with E-state index in [4.69, 9.17) is 9.84 Å². The van der Waals surface area contributed by atoms with Crippen molar-refractivity contribution in [2.75, 3.05) is 6.54 Å². The van der Waals surface area contributed by atoms with Gasteiger partial charge in [0.1, 0.15) is 11.8 Å². The first-order chi connectivity index (χ1) is 9.09. The van der Waals surface area contributed by atoms with E-state index in [1.807, 2.05) is 18.2 Å². The average molecular weight is 263 g/mol. The summed E-state index contributed by atoms with van der Waals surface area (Å²) < 4.78 is 5.53. The summed E-state index contributed by atoms with van der Waals surface area (Å²) in [7, 11) is 0. The lowest BCUT2D eigenvalue weighted by atomic mass is 10.2. The van der Waals surface area contributed by atoms with E-state index >= 15 is 0 Å². The van der Waals surface area contributed by atoms with Crippen LogP contribution in [0.5, 0.6) is 5.75 Å². The summed E-state index contributed by atoms with van der Waals surface area (Å²) in [5.74, 6) is -0.610. The van der Waals surface area contributed by atoms with Crippen LogP contribution in [0.4, 0.5) is 0 Å². The Kier molecular flexibility index (Phi) is 4.04. The number of para-hydroxylation sites is 1. The third-order valence-corrected chi connectivity index (χ3v) is 3.22. The van der Waals surface area contributed by atoms with Gasteiger partial charge in [-0.2, -0.15) is 0 Å². The Bertz CT molecular complexity index is 460. The first-order valence-corrected chi connectivity index (χ1v) is 6.34. The number of nitrogens with zero attached hydrogens (tertiary/aromatic N) is 1. The van der Waals surface area contributed by atoms with Gasteiger partial charge in [-0.25, -0.2) is 4.79 Å². The summed E-state index contributed by atoms with van der Waals surface area (Å²) in [6.07, 6.45) is 0.558. The second kappa shape index (κ2) is 5.73. The second-order valence-electron chi connectivity index (χ2n) is 4.60. The van der Waals surface area contributed by atoms with E-state index in [9.17, 15) is 9.59 Å². The molecule has 0 aliphatic carbocycles. The van der Waals surface area contributed by atoms with Crippen LogP contribution in [0.15, 0.2) is 30.3 Å². The van der Waals surface area contributed by atoms with Gasteiger partial charge in [-0.3, -0.25) is 4.79 Å². The molecule has 1 saturated heterocycles. The third-order valence-electron chi connectivity index (χ3n) is 3.22. The lowest BCUT2D eigenvalue weighted by molar-refractivity contribution is -0.150. The summed E-state index contributed by atoms with van der Waals surface area (Å²) in [5, 5.41) is 9.07. The van der Waals surface area contributed by atoms with Gasteiger partial charge in [0.25, 0.3) is 5.91 Å². The number of carboxylic acids is 1. The summed E-state index contributed by atoms with van der Waals surface area (Å²) >= 11 is 0. The normalized spacial score (nSPS) is 20.1. The molecule has 5 nitrogen and oxygen atoms in total. The van der Waals surface area contributed by atoms with Crippen molar-refractivity contribution in [3.8, 4) is 5.75 Å². The maximum absolute atomic E-state index is 12.2. The highest BCUT2D eigenvalue weighted by atomic mass is 16.5. The number of carboxylic acid groups (broad SMARTS) is 1. The number of amides is 1. The van der Waals surface area contributed by atoms with Crippen molar-refractivity contribution in [3.63, 3.8) is 0 Å². The number of hydrogen-bond donors (Lipinski definition) is 1. The fourth-order valence-corrected chi connectivity index (χ4v) is 2.27. The number of ether oxygens (including phenoxy) is 1. The van der Waals surface area contributed by atoms with Crippen molar-refractivity contribution in [1.29, 1.82) is 0 Å². The molecule has 1 N–H and O–H groups in total. The Morgan fingerprint density at radius 1 is 1.37 bits per heavy atom. The van der Waals surface area contributed by atoms with Crippen LogP contribution in [0.1, 0.15) is 19.8 Å². The van der Waals surface area contributed by atoms with E-state index in [0.29, 0.717) is 18.7 Å². The molecule has 2 rings (SSSR count). The van der Waals surface area contributed by atoms with Crippen molar-refractivity contribution in [3.05, 3.63) is 30.3 Å². The molecule has 0 unspecified atom stereocenters. The van der Waals surface area contributed by atoms with Crippen LogP contribution in [0, 0.1) is 0 Å². The molecule has 1 heterocycles. The zero-order chi connectivity index (χ0) is 13.8. The van der Waals surface area contributed by atoms with E-state index in [-0.39, 0.29) is 5.91 Å². The van der Waals surface area contributed by atoms with E-state index < -0.39 is 18.1 Å². The van der Waals surface area contributed by atoms with Crippen LogP contribution in [-0.4, -0.2) is 40.6 Å². The van der Waals surface area contributed by atoms with Gasteiger partial charge in [0, 0.05) is 6.54 Å². The molecule has 1 aliphatic rings. The molecule has 1 aliphatic heterocycles. The van der Waals surface area contributed by atoms with Gasteiger partial charge < -0.3 is 14.7 Å². The second-order valence-corrected chi connectivity index (χ2v) is 4.60. The lowest BCUT2D eigenvalue weighted by Gasteiger charge is -2.25. The summed E-state index contributed by atoms with van der Waals surface area (Å²) in [5.41, 5.74) is 0. The van der Waals surface area contributed by atoms with Crippen LogP contribution < -0.4 is 4.74 Å². The molecule has 1 amide bonds. The summed E-state index contributed by atoms with van der Waals surface area (Å²) in [6.45, 7) is 2.13. The minimum absolute atomic E-state index is 0.270. The van der Waals surface area contributed by atoms with E-state index in [2.05, 4.69) is 0 Å². The molecular weight excluding hydrogens is 246 g/mol. The summed E-state index contributed by atoms with van der Waals surface area (Å²) in [4.78, 5) is 24.7. The molecule has 19 heavy (non-hydrogen) atoms. The highest BCUT2D eigenvalue weighted by Gasteiger charge is 2.36. The first kappa shape index (κ1) is 13.4. The lowest BCUT2D eigenvalue weighted by Crippen LogP contribution is -2.46. The van der Waals surface area contributed by atoms with Gasteiger partial charge in [-0.1, -0.05) is 18.2 Å². The highest BCUT2D eigenvalue weighted by molar-refractivity contribution is 5.86. The van der Waals surface area contributed by atoms with Crippen molar-refractivity contribution in [2.45, 2.75) is 31.9 Å². The van der Waals surface area contributed by atoms with Gasteiger partial charge in [0.15, 0.2) is 6.10 Å². The standard InChI is InChI=1S/C14H17NO4/c1-10(19-11-6-3-2-4-7-11)13(16)15-9-5-8-12(15)14(17)18/h2-4,6-7,10,12H,5,8-9H2,1H3,(H,17,18)/t10-,12-/m1/s1. The van der Waals surface area contributed by atoms with E-state index in [1.165, 1.54) is 4.90 Å². The number of aliphatic carboxylic acids is 1. The molecule has 0 saturated carbocycles. The van der Waals surface area contributed by atoms with Gasteiger partial charge in [-0.15, -0.1) is 0 Å². The van der Waals surface area contributed by atoms with Crippen molar-refractivity contribution >= 4 is 11.9 Å². The Balaban J connectivity index is 2.01. The third kappa shape index (κ3) is 3.05. The molecule has 1 aromatic carbocycles. The fourth-order valence-electron chi connectivity index (χ4n) is 2.27. The first-order valence-electron chi connectivity index (χ1n) is 6.34. The topological polar surface area (TPSA) is 66.8 Å². The molecule has 1 aromatic rings. The minimum atomic E-state index is -0.947. The number of benzene rings is 1. The van der Waals surface area contributed by atoms with E-state index in [1.54, 1.807) is 19.1 Å². The fraction of sp³-hybridized carbons (Fsp3) is 0.429. The Morgan fingerprint density at radius 2 is 2.05 bits per heavy atom. The van der Waals surface area contributed by atoms with Crippen LogP contribution in [0.3, 0.4) is 0 Å². The number of carbonyl (C=O) groups excluding carboxylic acids is 1. The van der Waals surface area contributed by atoms with E-state index in [0.717, 1.165) is 6.42 Å². The summed E-state index contributed by atoms with van der Waals surface area (Å²) in [6, 6.07) is 8.32. The van der Waals surface area contributed by atoms with Gasteiger partial charge >= 0.3 is 5.97 Å². The van der Waals surface area contributed by atoms with Gasteiger partial charge in [0.05, 0.1) is 0 Å². The molecule has 0 spiro atoms. The maximum atomic E-state index is 12.2. The molecule has 1 fully saturated rings. The molecule has 102 valence electrons. The molecule has 0 bridgehead atoms. The Labute approximate surface area is 111 Å². The largest absolute Gasteiger partial charge is 0.481 e. The maximum Gasteiger partial charge on any atom is 0.326 e. The zero-order valence-electron chi connectivity index (χ0n) is 10.8. The number of rotatable bonds is 4. The quantitative estimate of drug-likeness (QED) is 0.894. The molecule has 2 atom stereocenters. The van der Waals surface area contributed by atoms with Crippen molar-refractivity contribution in [2.24, 2.45) is 0 Å². The smallest absolute Gasteiger partial charge is 0.326 e. The van der Waals surface area contributed by atoms with Gasteiger partial charge in [-0.05, 0) is 31.9 Å². The monoisotopic (exact) mass is 263 g/mol. The predicted molar refractivity (Wildman–Crippen MR) is 68.9 cm³/mol. The SMILES string of the molecule is C[C@@H](Oc1ccccc1)C(=O)N1CCC[C@@H]1C(=O)O. The molecule has 0 radical (unpaired) electrons. The average Bonchev–Trinajstić information content (AvgIpc) is 2.88.